The summed E-state index contributed by atoms with van der Waals surface area (Å²) < 4.78 is 39.9. The van der Waals surface area contributed by atoms with Gasteiger partial charge < -0.3 is 5.73 Å². The molecule has 0 radical (unpaired) electrons. The fourth-order valence-corrected chi connectivity index (χ4v) is 3.85. The molecule has 0 amide bonds. The molecule has 0 bridgehead atoms. The lowest BCUT2D eigenvalue weighted by Gasteiger charge is -2.24. The molecule has 0 aliphatic heterocycles. The van der Waals surface area contributed by atoms with Crippen molar-refractivity contribution < 1.29 is 12.8 Å². The van der Waals surface area contributed by atoms with Crippen LogP contribution in [0.1, 0.15) is 19.8 Å². The predicted octanol–water partition coefficient (Wildman–Crippen LogP) is 2.48. The molecule has 1 atom stereocenters. The van der Waals surface area contributed by atoms with Gasteiger partial charge in [0.15, 0.2) is 5.82 Å². The van der Waals surface area contributed by atoms with Crippen LogP contribution in [0, 0.1) is 11.7 Å². The van der Waals surface area contributed by atoms with Gasteiger partial charge in [0.1, 0.15) is 4.90 Å². The molecular weight excluding hydrogens is 291 g/mol. The largest absolute Gasteiger partial charge is 0.396 e. The van der Waals surface area contributed by atoms with Crippen molar-refractivity contribution in [2.24, 2.45) is 5.92 Å². The summed E-state index contributed by atoms with van der Waals surface area (Å²) in [5, 5.41) is 0.102. The molecule has 0 saturated heterocycles. The Labute approximate surface area is 117 Å². The second-order valence-electron chi connectivity index (χ2n) is 4.91. The molecule has 1 aliphatic carbocycles. The first-order valence-electron chi connectivity index (χ1n) is 5.97. The van der Waals surface area contributed by atoms with Crippen LogP contribution in [-0.4, -0.2) is 25.8 Å². The third kappa shape index (κ3) is 2.70. The Morgan fingerprint density at radius 2 is 2.05 bits per heavy atom. The molecule has 1 fully saturated rings. The summed E-state index contributed by atoms with van der Waals surface area (Å²) in [7, 11) is -2.47. The summed E-state index contributed by atoms with van der Waals surface area (Å²) in [4.78, 5) is -0.465. The fourth-order valence-electron chi connectivity index (χ4n) is 2.02. The normalized spacial score (nSPS) is 17.7. The maximum absolute atomic E-state index is 13.9. The summed E-state index contributed by atoms with van der Waals surface area (Å²) >= 11 is 5.76. The van der Waals surface area contributed by atoms with Gasteiger partial charge in [-0.15, -0.1) is 0 Å². The van der Waals surface area contributed by atoms with Crippen LogP contribution in [0.3, 0.4) is 0 Å². The molecule has 0 aromatic heterocycles. The maximum atomic E-state index is 13.9. The number of benzene rings is 1. The number of hydrogen-bond acceptors (Lipinski definition) is 3. The molecule has 4 nitrogen and oxygen atoms in total. The highest BCUT2D eigenvalue weighted by molar-refractivity contribution is 7.89. The first-order valence-corrected chi connectivity index (χ1v) is 7.79. The monoisotopic (exact) mass is 306 g/mol. The van der Waals surface area contributed by atoms with E-state index in [9.17, 15) is 12.8 Å². The molecule has 0 heterocycles. The van der Waals surface area contributed by atoms with Gasteiger partial charge in [-0.25, -0.2) is 12.8 Å². The van der Waals surface area contributed by atoms with Crippen LogP contribution in [0.4, 0.5) is 10.1 Å². The molecule has 1 unspecified atom stereocenters. The summed E-state index contributed by atoms with van der Waals surface area (Å²) in [6, 6.07) is 2.13. The van der Waals surface area contributed by atoms with Crippen LogP contribution in [0.2, 0.25) is 5.02 Å². The third-order valence-electron chi connectivity index (χ3n) is 3.57. The number of sulfonamides is 1. The topological polar surface area (TPSA) is 63.4 Å². The zero-order valence-electron chi connectivity index (χ0n) is 10.7. The van der Waals surface area contributed by atoms with Crippen LogP contribution in [-0.2, 0) is 10.0 Å². The molecule has 1 aliphatic rings. The van der Waals surface area contributed by atoms with Crippen LogP contribution in [0.25, 0.3) is 0 Å². The van der Waals surface area contributed by atoms with Crippen molar-refractivity contribution in [3.05, 3.63) is 23.0 Å². The van der Waals surface area contributed by atoms with Crippen LogP contribution in [0.15, 0.2) is 17.0 Å². The lowest BCUT2D eigenvalue weighted by atomic mass is 10.2. The van der Waals surface area contributed by atoms with E-state index in [1.165, 1.54) is 17.4 Å². The van der Waals surface area contributed by atoms with Crippen molar-refractivity contribution in [3.8, 4) is 0 Å². The third-order valence-corrected chi connectivity index (χ3v) is 5.73. The van der Waals surface area contributed by atoms with Crippen LogP contribution in [0.5, 0.6) is 0 Å². The molecule has 106 valence electrons. The van der Waals surface area contributed by atoms with E-state index in [1.54, 1.807) is 0 Å². The molecule has 2 N–H and O–H groups in total. The van der Waals surface area contributed by atoms with Gasteiger partial charge in [0, 0.05) is 18.1 Å². The summed E-state index contributed by atoms with van der Waals surface area (Å²) in [5.74, 6) is -0.599. The lowest BCUT2D eigenvalue weighted by molar-refractivity contribution is 0.355. The van der Waals surface area contributed by atoms with E-state index in [2.05, 4.69) is 0 Å². The minimum Gasteiger partial charge on any atom is -0.396 e. The zero-order chi connectivity index (χ0) is 14.4. The molecule has 2 rings (SSSR count). The van der Waals surface area contributed by atoms with Gasteiger partial charge in [-0.1, -0.05) is 11.6 Å². The van der Waals surface area contributed by atoms with Crippen molar-refractivity contribution in [1.82, 2.24) is 4.31 Å². The second-order valence-corrected chi connectivity index (χ2v) is 7.31. The van der Waals surface area contributed by atoms with Gasteiger partial charge in [-0.2, -0.15) is 4.31 Å². The van der Waals surface area contributed by atoms with Crippen LogP contribution >= 0.6 is 11.6 Å². The molecule has 19 heavy (non-hydrogen) atoms. The Hall–Kier alpha value is -0.850. The molecule has 1 aromatic rings. The first kappa shape index (κ1) is 14.6. The average molecular weight is 307 g/mol. The van der Waals surface area contributed by atoms with E-state index in [0.29, 0.717) is 5.92 Å². The van der Waals surface area contributed by atoms with E-state index >= 15 is 0 Å². The SMILES string of the molecule is CC(C1CC1)N(C)S(=O)(=O)c1cc(Cl)cc(N)c1F. The number of nitrogen functional groups attached to an aromatic ring is 1. The van der Waals surface area contributed by atoms with Gasteiger partial charge in [-0.05, 0) is 37.8 Å². The molecular formula is C12H16ClFN2O2S. The minimum absolute atomic E-state index is 0.102. The smallest absolute Gasteiger partial charge is 0.246 e. The summed E-state index contributed by atoms with van der Waals surface area (Å²) in [5.41, 5.74) is 5.16. The van der Waals surface area contributed by atoms with E-state index in [0.717, 1.165) is 18.9 Å². The van der Waals surface area contributed by atoms with Crippen molar-refractivity contribution in [3.63, 3.8) is 0 Å². The number of rotatable bonds is 4. The van der Waals surface area contributed by atoms with Gasteiger partial charge in [-0.3, -0.25) is 0 Å². The Bertz CT molecular complexity index is 602. The zero-order valence-corrected chi connectivity index (χ0v) is 12.3. The quantitative estimate of drug-likeness (QED) is 0.869. The standard InChI is InChI=1S/C12H16ClFN2O2S/c1-7(8-3-4-8)16(2)19(17,18)11-6-9(13)5-10(15)12(11)14/h5-8H,3-4,15H2,1-2H3. The number of nitrogens with two attached hydrogens (primary N) is 1. The highest BCUT2D eigenvalue weighted by atomic mass is 35.5. The number of anilines is 1. The van der Waals surface area contributed by atoms with Gasteiger partial charge >= 0.3 is 0 Å². The van der Waals surface area contributed by atoms with Gasteiger partial charge in [0.25, 0.3) is 0 Å². The van der Waals surface area contributed by atoms with Gasteiger partial charge in [0.05, 0.1) is 5.69 Å². The highest BCUT2D eigenvalue weighted by Gasteiger charge is 2.37. The molecule has 1 aromatic carbocycles. The average Bonchev–Trinajstić information content (AvgIpc) is 3.15. The Morgan fingerprint density at radius 3 is 2.58 bits per heavy atom. The Balaban J connectivity index is 2.44. The minimum atomic E-state index is -3.93. The predicted molar refractivity (Wildman–Crippen MR) is 73.0 cm³/mol. The van der Waals surface area contributed by atoms with E-state index in [-0.39, 0.29) is 16.8 Å². The number of hydrogen-bond donors (Lipinski definition) is 1. The van der Waals surface area contributed by atoms with Crippen molar-refractivity contribution in [2.75, 3.05) is 12.8 Å². The van der Waals surface area contributed by atoms with E-state index < -0.39 is 20.7 Å². The van der Waals surface area contributed by atoms with Crippen molar-refractivity contribution >= 4 is 27.3 Å². The summed E-state index contributed by atoms with van der Waals surface area (Å²) in [6.07, 6.45) is 2.00. The number of nitrogens with zero attached hydrogens (tertiary/aromatic N) is 1. The molecule has 0 spiro atoms. The van der Waals surface area contributed by atoms with E-state index in [4.69, 9.17) is 17.3 Å². The molecule has 7 heteroatoms. The lowest BCUT2D eigenvalue weighted by Crippen LogP contribution is -2.36. The highest BCUT2D eigenvalue weighted by Crippen LogP contribution is 2.37. The first-order chi connectivity index (χ1) is 8.75. The Morgan fingerprint density at radius 1 is 1.47 bits per heavy atom. The van der Waals surface area contributed by atoms with Crippen molar-refractivity contribution in [2.45, 2.75) is 30.7 Å². The Kier molecular flexibility index (Phi) is 3.77. The molecule has 1 saturated carbocycles. The second kappa shape index (κ2) is 4.92. The maximum Gasteiger partial charge on any atom is 0.246 e. The van der Waals surface area contributed by atoms with Crippen LogP contribution < -0.4 is 5.73 Å². The summed E-state index contributed by atoms with van der Waals surface area (Å²) in [6.45, 7) is 1.82. The van der Waals surface area contributed by atoms with Crippen molar-refractivity contribution in [1.29, 1.82) is 0 Å². The number of halogens is 2. The van der Waals surface area contributed by atoms with E-state index in [1.807, 2.05) is 6.92 Å². The fraction of sp³-hybridized carbons (Fsp3) is 0.500. The van der Waals surface area contributed by atoms with Gasteiger partial charge in [0.2, 0.25) is 10.0 Å².